The zero-order valence-corrected chi connectivity index (χ0v) is 18.2. The fraction of sp³-hybridized carbons (Fsp3) is 0.364. The largest absolute Gasteiger partial charge is 0.573 e. The third-order valence-electron chi connectivity index (χ3n) is 4.20. The molecule has 0 fully saturated rings. The highest BCUT2D eigenvalue weighted by Crippen LogP contribution is 2.23. The maximum atomic E-state index is 12.1. The predicted octanol–water partition coefficient (Wildman–Crippen LogP) is 4.44. The fourth-order valence-corrected chi connectivity index (χ4v) is 2.67. The number of carbonyl (C=O) groups is 2. The molecule has 0 spiro atoms. The summed E-state index contributed by atoms with van der Waals surface area (Å²) in [6, 6.07) is 9.03. The van der Waals surface area contributed by atoms with E-state index < -0.39 is 36.0 Å². The Hall–Kier alpha value is -3.48. The molecule has 0 aliphatic rings. The van der Waals surface area contributed by atoms with Crippen molar-refractivity contribution in [1.82, 2.24) is 10.6 Å². The molecule has 0 saturated carbocycles. The van der Waals surface area contributed by atoms with Crippen molar-refractivity contribution in [2.45, 2.75) is 25.6 Å². The molecule has 192 valence electrons. The third kappa shape index (κ3) is 11.5. The van der Waals surface area contributed by atoms with Crippen LogP contribution in [-0.4, -0.2) is 50.8 Å². The molecule has 0 heterocycles. The van der Waals surface area contributed by atoms with Gasteiger partial charge in [0.2, 0.25) is 0 Å². The van der Waals surface area contributed by atoms with Crippen molar-refractivity contribution in [3.05, 3.63) is 59.7 Å². The third-order valence-corrected chi connectivity index (χ3v) is 4.20. The number of ether oxygens (including phenoxy) is 3. The second-order valence-corrected chi connectivity index (χ2v) is 6.98. The minimum Gasteiger partial charge on any atom is -0.406 e. The van der Waals surface area contributed by atoms with Gasteiger partial charge in [0.1, 0.15) is 11.5 Å². The van der Waals surface area contributed by atoms with Crippen molar-refractivity contribution in [3.8, 4) is 11.5 Å². The summed E-state index contributed by atoms with van der Waals surface area (Å²) in [6.07, 6.45) is -8.64. The quantitative estimate of drug-likeness (QED) is 0.327. The van der Waals surface area contributed by atoms with E-state index in [0.717, 1.165) is 24.3 Å². The summed E-state index contributed by atoms with van der Waals surface area (Å²) in [4.78, 5) is 23.9. The maximum absolute atomic E-state index is 12.1. The van der Waals surface area contributed by atoms with Crippen LogP contribution >= 0.6 is 0 Å². The van der Waals surface area contributed by atoms with E-state index in [-0.39, 0.29) is 24.2 Å². The van der Waals surface area contributed by atoms with Crippen LogP contribution in [0.15, 0.2) is 48.5 Å². The summed E-state index contributed by atoms with van der Waals surface area (Å²) in [5.41, 5.74) is 0.359. The maximum Gasteiger partial charge on any atom is 0.573 e. The van der Waals surface area contributed by atoms with Gasteiger partial charge in [-0.05, 0) is 61.4 Å². The van der Waals surface area contributed by atoms with Crippen LogP contribution in [0.4, 0.5) is 26.3 Å². The standard InChI is InChI=1S/C22H22F6N2O5/c23-21(24,25)34-17-7-3-15(4-8-17)19(31)29-11-1-13-33-14-2-12-30-20(32)16-5-9-18(10-6-16)35-22(26,27)28/h3-10H,1-2,11-14H2,(H,29,31)(H,30,32). The molecule has 0 aliphatic carbocycles. The molecule has 13 heteroatoms. The summed E-state index contributed by atoms with van der Waals surface area (Å²) < 4.78 is 85.6. The molecular formula is C22H22F6N2O5. The minimum absolute atomic E-state index is 0.179. The average Bonchev–Trinajstić information content (AvgIpc) is 2.76. The highest BCUT2D eigenvalue weighted by Gasteiger charge is 2.31. The summed E-state index contributed by atoms with van der Waals surface area (Å²) in [7, 11) is 0. The minimum atomic E-state index is -4.81. The molecule has 2 rings (SSSR count). The Morgan fingerprint density at radius 2 is 0.971 bits per heavy atom. The van der Waals surface area contributed by atoms with Crippen molar-refractivity contribution >= 4 is 11.8 Å². The van der Waals surface area contributed by atoms with Gasteiger partial charge in [-0.2, -0.15) is 0 Å². The van der Waals surface area contributed by atoms with Crippen LogP contribution in [-0.2, 0) is 4.74 Å². The predicted molar refractivity (Wildman–Crippen MR) is 111 cm³/mol. The van der Waals surface area contributed by atoms with Gasteiger partial charge in [0.05, 0.1) is 0 Å². The molecule has 2 amide bonds. The number of halogens is 6. The lowest BCUT2D eigenvalue weighted by molar-refractivity contribution is -0.275. The second-order valence-electron chi connectivity index (χ2n) is 6.98. The molecule has 35 heavy (non-hydrogen) atoms. The first-order valence-corrected chi connectivity index (χ1v) is 10.3. The van der Waals surface area contributed by atoms with Gasteiger partial charge in [-0.25, -0.2) is 0 Å². The van der Waals surface area contributed by atoms with E-state index in [1.54, 1.807) is 0 Å². The van der Waals surface area contributed by atoms with E-state index in [4.69, 9.17) is 4.74 Å². The van der Waals surface area contributed by atoms with Crippen LogP contribution < -0.4 is 20.1 Å². The molecule has 2 aromatic carbocycles. The first-order valence-electron chi connectivity index (χ1n) is 10.3. The Kier molecular flexibility index (Phi) is 10.2. The summed E-state index contributed by atoms with van der Waals surface area (Å²) >= 11 is 0. The number of rotatable bonds is 12. The first kappa shape index (κ1) is 27.8. The van der Waals surface area contributed by atoms with Crippen LogP contribution in [0.3, 0.4) is 0 Å². The van der Waals surface area contributed by atoms with Gasteiger partial charge in [0.25, 0.3) is 11.8 Å². The van der Waals surface area contributed by atoms with E-state index in [1.165, 1.54) is 24.3 Å². The number of hydrogen-bond donors (Lipinski definition) is 2. The van der Waals surface area contributed by atoms with Crippen molar-refractivity contribution in [2.75, 3.05) is 26.3 Å². The van der Waals surface area contributed by atoms with Crippen molar-refractivity contribution in [1.29, 1.82) is 0 Å². The topological polar surface area (TPSA) is 85.9 Å². The van der Waals surface area contributed by atoms with E-state index in [1.807, 2.05) is 0 Å². The lowest BCUT2D eigenvalue weighted by atomic mass is 10.2. The van der Waals surface area contributed by atoms with Crippen LogP contribution in [0, 0.1) is 0 Å². The van der Waals surface area contributed by atoms with Crippen LogP contribution in [0.1, 0.15) is 33.6 Å². The van der Waals surface area contributed by atoms with E-state index in [9.17, 15) is 35.9 Å². The van der Waals surface area contributed by atoms with Gasteiger partial charge in [-0.3, -0.25) is 9.59 Å². The van der Waals surface area contributed by atoms with Gasteiger partial charge in [0.15, 0.2) is 0 Å². The Bertz CT molecular complexity index is 869. The van der Waals surface area contributed by atoms with Crippen molar-refractivity contribution < 1.29 is 50.1 Å². The highest BCUT2D eigenvalue weighted by molar-refractivity contribution is 5.94. The lowest BCUT2D eigenvalue weighted by Crippen LogP contribution is -2.26. The Morgan fingerprint density at radius 1 is 0.629 bits per heavy atom. The Balaban J connectivity index is 1.53. The first-order chi connectivity index (χ1) is 16.4. The molecule has 0 aromatic heterocycles. The number of carbonyl (C=O) groups excluding carboxylic acids is 2. The summed E-state index contributed by atoms with van der Waals surface area (Å²) in [5, 5.41) is 5.22. The number of nitrogens with one attached hydrogen (secondary N) is 2. The normalized spacial score (nSPS) is 11.6. The van der Waals surface area contributed by atoms with Crippen LogP contribution in [0.25, 0.3) is 0 Å². The van der Waals surface area contributed by atoms with Gasteiger partial charge >= 0.3 is 12.7 Å². The number of amides is 2. The molecule has 0 aliphatic heterocycles. The molecule has 7 nitrogen and oxygen atoms in total. The lowest BCUT2D eigenvalue weighted by Gasteiger charge is -2.10. The smallest absolute Gasteiger partial charge is 0.406 e. The molecule has 2 N–H and O–H groups in total. The molecule has 0 unspecified atom stereocenters. The molecule has 0 radical (unpaired) electrons. The SMILES string of the molecule is O=C(NCCCOCCCNC(=O)c1ccc(OC(F)(F)F)cc1)c1ccc(OC(F)(F)F)cc1. The van der Waals surface area contributed by atoms with Crippen molar-refractivity contribution in [2.24, 2.45) is 0 Å². The van der Waals surface area contributed by atoms with E-state index >= 15 is 0 Å². The Morgan fingerprint density at radius 3 is 1.29 bits per heavy atom. The van der Waals surface area contributed by atoms with Gasteiger partial charge < -0.3 is 24.8 Å². The van der Waals surface area contributed by atoms with Crippen LogP contribution in [0.2, 0.25) is 0 Å². The number of hydrogen-bond acceptors (Lipinski definition) is 5. The molecular weight excluding hydrogens is 486 g/mol. The van der Waals surface area contributed by atoms with Crippen molar-refractivity contribution in [3.63, 3.8) is 0 Å². The highest BCUT2D eigenvalue weighted by atomic mass is 19.4. The monoisotopic (exact) mass is 508 g/mol. The molecule has 2 aromatic rings. The van der Waals surface area contributed by atoms with E-state index in [0.29, 0.717) is 26.1 Å². The second kappa shape index (κ2) is 12.8. The average molecular weight is 508 g/mol. The van der Waals surface area contributed by atoms with Gasteiger partial charge in [0, 0.05) is 37.4 Å². The van der Waals surface area contributed by atoms with Gasteiger partial charge in [-0.15, -0.1) is 26.3 Å². The molecule has 0 atom stereocenters. The van der Waals surface area contributed by atoms with Gasteiger partial charge in [-0.1, -0.05) is 0 Å². The zero-order chi connectivity index (χ0) is 25.9. The number of alkyl halides is 6. The summed E-state index contributed by atoms with van der Waals surface area (Å²) in [6.45, 7) is 1.22. The zero-order valence-electron chi connectivity index (χ0n) is 18.2. The fourth-order valence-electron chi connectivity index (χ4n) is 2.67. The molecule has 0 saturated heterocycles. The molecule has 0 bridgehead atoms. The van der Waals surface area contributed by atoms with E-state index in [2.05, 4.69) is 20.1 Å². The van der Waals surface area contributed by atoms with Crippen LogP contribution in [0.5, 0.6) is 11.5 Å². The number of benzene rings is 2. The summed E-state index contributed by atoms with van der Waals surface area (Å²) in [5.74, 6) is -1.76. The Labute approximate surface area is 196 Å².